The second-order valence-corrected chi connectivity index (χ2v) is 8.08. The Hall–Kier alpha value is -2.14. The number of aromatic nitrogens is 1. The fourth-order valence-electron chi connectivity index (χ4n) is 2.92. The fourth-order valence-corrected chi connectivity index (χ4v) is 3.76. The SMILES string of the molecule is COCCOCCOCCOCC(=O)OCn1c(-c2ccc(Cl)cc2)c(C#N)c(Br)c1C(F)(F)F. The normalized spacial score (nSPS) is 11.5. The summed E-state index contributed by atoms with van der Waals surface area (Å²) in [6.07, 6.45) is -4.83. The van der Waals surface area contributed by atoms with Crippen LogP contribution in [0.25, 0.3) is 11.3 Å². The second kappa shape index (κ2) is 14.4. The first-order valence-electron chi connectivity index (χ1n) is 10.2. The maximum absolute atomic E-state index is 13.8. The summed E-state index contributed by atoms with van der Waals surface area (Å²) in [6, 6.07) is 7.66. The van der Waals surface area contributed by atoms with Crippen molar-refractivity contribution in [3.05, 3.63) is 45.0 Å². The van der Waals surface area contributed by atoms with Gasteiger partial charge in [-0.1, -0.05) is 23.7 Å². The molecule has 8 nitrogen and oxygen atoms in total. The van der Waals surface area contributed by atoms with E-state index in [9.17, 15) is 23.2 Å². The number of nitrogens with zero attached hydrogens (tertiary/aromatic N) is 2. The van der Waals surface area contributed by atoms with Gasteiger partial charge in [-0.25, -0.2) is 4.79 Å². The van der Waals surface area contributed by atoms with Gasteiger partial charge >= 0.3 is 12.1 Å². The number of hydrogen-bond donors (Lipinski definition) is 0. The van der Waals surface area contributed by atoms with Crippen molar-refractivity contribution >= 4 is 33.5 Å². The molecule has 0 aliphatic heterocycles. The topological polar surface area (TPSA) is 91.9 Å². The van der Waals surface area contributed by atoms with Crippen molar-refractivity contribution in [3.8, 4) is 17.3 Å². The summed E-state index contributed by atoms with van der Waals surface area (Å²) in [7, 11) is 1.57. The van der Waals surface area contributed by atoms with Crippen molar-refractivity contribution in [2.45, 2.75) is 12.9 Å². The molecule has 2 rings (SSSR count). The van der Waals surface area contributed by atoms with E-state index in [4.69, 9.17) is 35.3 Å². The van der Waals surface area contributed by atoms with E-state index in [0.29, 0.717) is 31.5 Å². The monoisotopic (exact) mass is 582 g/mol. The van der Waals surface area contributed by atoms with Gasteiger partial charge in [0, 0.05) is 12.1 Å². The maximum Gasteiger partial charge on any atom is 0.432 e. The van der Waals surface area contributed by atoms with Crippen LogP contribution in [-0.2, 0) is 41.4 Å². The van der Waals surface area contributed by atoms with Crippen molar-refractivity contribution in [2.75, 3.05) is 53.4 Å². The standard InChI is InChI=1S/C22H23BrClF3N2O6/c1-31-6-7-32-8-9-33-10-11-34-13-18(30)35-14-29-20(15-2-4-16(24)5-3-15)17(12-28)19(23)21(29)22(25,26)27/h2-5H,6-11,13-14H2,1H3. The van der Waals surface area contributed by atoms with Gasteiger partial charge in [0.2, 0.25) is 0 Å². The number of nitriles is 1. The van der Waals surface area contributed by atoms with Crippen molar-refractivity contribution < 1.29 is 41.7 Å². The highest BCUT2D eigenvalue weighted by Gasteiger charge is 2.41. The van der Waals surface area contributed by atoms with E-state index in [1.165, 1.54) is 24.3 Å². The first-order valence-corrected chi connectivity index (χ1v) is 11.4. The molecule has 0 spiro atoms. The van der Waals surface area contributed by atoms with Gasteiger partial charge in [-0.2, -0.15) is 18.4 Å². The third-order valence-electron chi connectivity index (χ3n) is 4.45. The molecule has 1 aromatic heterocycles. The molecule has 1 heterocycles. The fraction of sp³-hybridized carbons (Fsp3) is 0.455. The van der Waals surface area contributed by atoms with Crippen LogP contribution < -0.4 is 0 Å². The summed E-state index contributed by atoms with van der Waals surface area (Å²) in [5, 5.41) is 9.88. The van der Waals surface area contributed by atoms with E-state index < -0.39 is 35.6 Å². The summed E-state index contributed by atoms with van der Waals surface area (Å²) < 4.78 is 67.1. The van der Waals surface area contributed by atoms with Gasteiger partial charge in [-0.15, -0.1) is 0 Å². The number of benzene rings is 1. The zero-order valence-corrected chi connectivity index (χ0v) is 21.0. The van der Waals surface area contributed by atoms with Crippen LogP contribution in [0.3, 0.4) is 0 Å². The van der Waals surface area contributed by atoms with Gasteiger partial charge in [-0.05, 0) is 33.6 Å². The molecule has 0 saturated carbocycles. The molecule has 35 heavy (non-hydrogen) atoms. The van der Waals surface area contributed by atoms with Gasteiger partial charge in [0.15, 0.2) is 6.73 Å². The molecule has 1 aromatic carbocycles. The Morgan fingerprint density at radius 2 is 1.63 bits per heavy atom. The van der Waals surface area contributed by atoms with Gasteiger partial charge in [0.1, 0.15) is 18.4 Å². The molecule has 0 fully saturated rings. The second-order valence-electron chi connectivity index (χ2n) is 6.85. The number of carbonyl (C=O) groups is 1. The highest BCUT2D eigenvalue weighted by atomic mass is 79.9. The van der Waals surface area contributed by atoms with Crippen LogP contribution >= 0.6 is 27.5 Å². The molecular formula is C22H23BrClF3N2O6. The lowest BCUT2D eigenvalue weighted by Crippen LogP contribution is -2.21. The summed E-state index contributed by atoms with van der Waals surface area (Å²) in [5.74, 6) is -0.883. The lowest BCUT2D eigenvalue weighted by molar-refractivity contribution is -0.158. The van der Waals surface area contributed by atoms with Gasteiger partial charge in [-0.3, -0.25) is 0 Å². The number of ether oxygens (including phenoxy) is 5. The van der Waals surface area contributed by atoms with Crippen LogP contribution in [0.2, 0.25) is 5.02 Å². The number of carbonyl (C=O) groups excluding carboxylic acids is 1. The van der Waals surface area contributed by atoms with Gasteiger partial charge in [0.25, 0.3) is 0 Å². The quantitative estimate of drug-likeness (QED) is 0.236. The number of methoxy groups -OCH3 is 1. The Labute approximate surface area is 213 Å². The minimum Gasteiger partial charge on any atom is -0.442 e. The first kappa shape index (κ1) is 29.1. The zero-order chi connectivity index (χ0) is 25.8. The predicted molar refractivity (Wildman–Crippen MR) is 123 cm³/mol. The first-order chi connectivity index (χ1) is 16.7. The number of rotatable bonds is 14. The van der Waals surface area contributed by atoms with Gasteiger partial charge < -0.3 is 28.3 Å². The molecule has 0 amide bonds. The third-order valence-corrected chi connectivity index (χ3v) is 5.48. The molecule has 0 N–H and O–H groups in total. The molecule has 0 bridgehead atoms. The van der Waals surface area contributed by atoms with Crippen LogP contribution in [0.5, 0.6) is 0 Å². The largest absolute Gasteiger partial charge is 0.442 e. The van der Waals surface area contributed by atoms with Gasteiger partial charge in [0.05, 0.1) is 55.4 Å². The molecule has 0 atom stereocenters. The van der Waals surface area contributed by atoms with E-state index in [-0.39, 0.29) is 30.0 Å². The number of hydrogen-bond acceptors (Lipinski definition) is 7. The van der Waals surface area contributed by atoms with Crippen LogP contribution in [0, 0.1) is 11.3 Å². The highest BCUT2D eigenvalue weighted by molar-refractivity contribution is 9.10. The number of esters is 1. The lowest BCUT2D eigenvalue weighted by atomic mass is 10.1. The summed E-state index contributed by atoms with van der Waals surface area (Å²) in [4.78, 5) is 12.1. The molecule has 0 aliphatic rings. The number of halogens is 5. The molecular weight excluding hydrogens is 561 g/mol. The predicted octanol–water partition coefficient (Wildman–Crippen LogP) is 4.66. The molecule has 13 heteroatoms. The van der Waals surface area contributed by atoms with Crippen molar-refractivity contribution in [1.29, 1.82) is 5.26 Å². The van der Waals surface area contributed by atoms with Crippen LogP contribution in [-0.4, -0.2) is 63.9 Å². The summed E-state index contributed by atoms with van der Waals surface area (Å²) in [6.45, 7) is 0.624. The highest BCUT2D eigenvalue weighted by Crippen LogP contribution is 2.43. The molecule has 2 aromatic rings. The Kier molecular flexibility index (Phi) is 12.0. The third kappa shape index (κ3) is 8.79. The summed E-state index contributed by atoms with van der Waals surface area (Å²) >= 11 is 8.75. The van der Waals surface area contributed by atoms with Crippen LogP contribution in [0.15, 0.2) is 28.7 Å². The Morgan fingerprint density at radius 1 is 1.06 bits per heavy atom. The molecule has 0 aliphatic carbocycles. The molecule has 0 saturated heterocycles. The average Bonchev–Trinajstić information content (AvgIpc) is 3.10. The van der Waals surface area contributed by atoms with E-state index in [0.717, 1.165) is 4.57 Å². The number of alkyl halides is 3. The smallest absolute Gasteiger partial charge is 0.432 e. The Balaban J connectivity index is 1.99. The molecule has 0 unspecified atom stereocenters. The minimum atomic E-state index is -4.83. The van der Waals surface area contributed by atoms with Crippen LogP contribution in [0.1, 0.15) is 11.3 Å². The van der Waals surface area contributed by atoms with Crippen LogP contribution in [0.4, 0.5) is 13.2 Å². The van der Waals surface area contributed by atoms with Crippen molar-refractivity contribution in [2.24, 2.45) is 0 Å². The molecule has 0 radical (unpaired) electrons. The Bertz CT molecular complexity index is 1010. The van der Waals surface area contributed by atoms with E-state index >= 15 is 0 Å². The van der Waals surface area contributed by atoms with Crippen molar-refractivity contribution in [3.63, 3.8) is 0 Å². The maximum atomic E-state index is 13.8. The summed E-state index contributed by atoms with van der Waals surface area (Å²) in [5.41, 5.74) is -1.19. The van der Waals surface area contributed by atoms with Crippen molar-refractivity contribution in [1.82, 2.24) is 4.57 Å². The lowest BCUT2D eigenvalue weighted by Gasteiger charge is -2.16. The van der Waals surface area contributed by atoms with E-state index in [1.54, 1.807) is 13.2 Å². The minimum absolute atomic E-state index is 0.0711. The van der Waals surface area contributed by atoms with E-state index in [1.807, 2.05) is 0 Å². The molecule has 192 valence electrons. The zero-order valence-electron chi connectivity index (χ0n) is 18.7. The van der Waals surface area contributed by atoms with E-state index in [2.05, 4.69) is 15.9 Å². The average molecular weight is 584 g/mol. The Morgan fingerprint density at radius 3 is 2.17 bits per heavy atom.